The lowest BCUT2D eigenvalue weighted by Crippen LogP contribution is -2.34. The second-order valence-corrected chi connectivity index (χ2v) is 4.60. The van der Waals surface area contributed by atoms with E-state index in [4.69, 9.17) is 10.5 Å². The predicted molar refractivity (Wildman–Crippen MR) is 60.0 cm³/mol. The molecule has 0 aromatic carbocycles. The van der Waals surface area contributed by atoms with Gasteiger partial charge in [0, 0.05) is 17.8 Å². The van der Waals surface area contributed by atoms with Gasteiger partial charge >= 0.3 is 6.18 Å². The number of thiazole rings is 1. The molecule has 0 fully saturated rings. The lowest BCUT2D eigenvalue weighted by atomic mass is 10.1. The highest BCUT2D eigenvalue weighted by Crippen LogP contribution is 2.25. The van der Waals surface area contributed by atoms with Gasteiger partial charge in [-0.1, -0.05) is 0 Å². The first-order valence-electron chi connectivity index (χ1n) is 5.18. The molecule has 0 spiro atoms. The average Bonchev–Trinajstić information content (AvgIpc) is 2.62. The van der Waals surface area contributed by atoms with E-state index in [1.807, 2.05) is 6.92 Å². The van der Waals surface area contributed by atoms with Gasteiger partial charge in [-0.3, -0.25) is 0 Å². The number of nitrogens with two attached hydrogens (primary N) is 1. The third kappa shape index (κ3) is 4.61. The van der Waals surface area contributed by atoms with Crippen LogP contribution in [0.2, 0.25) is 0 Å². The Morgan fingerprint density at radius 3 is 2.71 bits per heavy atom. The second-order valence-electron chi connectivity index (χ2n) is 3.66. The first kappa shape index (κ1) is 14.4. The van der Waals surface area contributed by atoms with Gasteiger partial charge in [0.1, 0.15) is 0 Å². The van der Waals surface area contributed by atoms with Gasteiger partial charge < -0.3 is 10.5 Å². The Labute approximate surface area is 102 Å². The Morgan fingerprint density at radius 2 is 2.24 bits per heavy atom. The van der Waals surface area contributed by atoms with Gasteiger partial charge in [0.05, 0.1) is 30.3 Å². The molecule has 0 saturated heterocycles. The van der Waals surface area contributed by atoms with Gasteiger partial charge in [-0.05, 0) is 6.92 Å². The van der Waals surface area contributed by atoms with E-state index in [9.17, 15) is 13.2 Å². The van der Waals surface area contributed by atoms with Crippen LogP contribution in [0.5, 0.6) is 0 Å². The molecule has 1 rings (SSSR count). The molecule has 7 heteroatoms. The van der Waals surface area contributed by atoms with Crippen molar-refractivity contribution in [1.82, 2.24) is 4.98 Å². The first-order valence-corrected chi connectivity index (χ1v) is 6.06. The Kier molecular flexibility index (Phi) is 5.35. The fraction of sp³-hybridized carbons (Fsp3) is 0.700. The van der Waals surface area contributed by atoms with Crippen molar-refractivity contribution in [2.24, 2.45) is 11.7 Å². The minimum absolute atomic E-state index is 0.260. The first-order chi connectivity index (χ1) is 7.95. The van der Waals surface area contributed by atoms with Crippen molar-refractivity contribution in [3.8, 4) is 0 Å². The van der Waals surface area contributed by atoms with Crippen LogP contribution in [0.15, 0.2) is 5.51 Å². The third-order valence-electron chi connectivity index (χ3n) is 2.38. The van der Waals surface area contributed by atoms with E-state index in [0.29, 0.717) is 6.42 Å². The number of halogens is 3. The zero-order chi connectivity index (χ0) is 12.9. The standard InChI is InChI=1S/C10H15F3N2OS/c1-7-9(17-6-15-7)2-3-16-5-8(4-14)10(11,12)13/h6,8H,2-5,14H2,1H3. The maximum absolute atomic E-state index is 12.3. The van der Waals surface area contributed by atoms with E-state index in [-0.39, 0.29) is 13.2 Å². The summed E-state index contributed by atoms with van der Waals surface area (Å²) in [4.78, 5) is 5.09. The molecule has 0 aliphatic heterocycles. The number of aromatic nitrogens is 1. The van der Waals surface area contributed by atoms with Crippen molar-refractivity contribution in [2.45, 2.75) is 19.5 Å². The molecular formula is C10H15F3N2OS. The minimum Gasteiger partial charge on any atom is -0.380 e. The van der Waals surface area contributed by atoms with Crippen LogP contribution in [0.25, 0.3) is 0 Å². The average molecular weight is 268 g/mol. The molecular weight excluding hydrogens is 253 g/mol. The molecule has 2 N–H and O–H groups in total. The van der Waals surface area contributed by atoms with Crippen molar-refractivity contribution in [2.75, 3.05) is 19.8 Å². The van der Waals surface area contributed by atoms with E-state index in [0.717, 1.165) is 10.6 Å². The molecule has 1 aromatic rings. The zero-order valence-corrected chi connectivity index (χ0v) is 10.3. The van der Waals surface area contributed by atoms with E-state index in [1.54, 1.807) is 5.51 Å². The SMILES string of the molecule is Cc1ncsc1CCOCC(CN)C(F)(F)F. The lowest BCUT2D eigenvalue weighted by Gasteiger charge is -2.18. The minimum atomic E-state index is -4.28. The van der Waals surface area contributed by atoms with Gasteiger partial charge in [0.2, 0.25) is 0 Å². The Hall–Kier alpha value is -0.660. The third-order valence-corrected chi connectivity index (χ3v) is 3.38. The molecule has 0 aliphatic rings. The summed E-state index contributed by atoms with van der Waals surface area (Å²) in [5, 5.41) is 0. The number of alkyl halides is 3. The number of aryl methyl sites for hydroxylation is 1. The molecule has 98 valence electrons. The highest BCUT2D eigenvalue weighted by Gasteiger charge is 2.38. The largest absolute Gasteiger partial charge is 0.395 e. The topological polar surface area (TPSA) is 48.1 Å². The molecule has 0 saturated carbocycles. The fourth-order valence-electron chi connectivity index (χ4n) is 1.25. The van der Waals surface area contributed by atoms with Gasteiger partial charge in [-0.2, -0.15) is 13.2 Å². The van der Waals surface area contributed by atoms with Crippen molar-refractivity contribution < 1.29 is 17.9 Å². The summed E-state index contributed by atoms with van der Waals surface area (Å²) in [5.74, 6) is -1.58. The monoisotopic (exact) mass is 268 g/mol. The van der Waals surface area contributed by atoms with Crippen LogP contribution < -0.4 is 5.73 Å². The molecule has 0 bridgehead atoms. The van der Waals surface area contributed by atoms with Crippen LogP contribution in [0, 0.1) is 12.8 Å². The van der Waals surface area contributed by atoms with Crippen molar-refractivity contribution in [3.63, 3.8) is 0 Å². The summed E-state index contributed by atoms with van der Waals surface area (Å²) in [7, 11) is 0. The summed E-state index contributed by atoms with van der Waals surface area (Å²) in [5.41, 5.74) is 7.67. The van der Waals surface area contributed by atoms with Crippen LogP contribution in [-0.2, 0) is 11.2 Å². The molecule has 0 amide bonds. The number of rotatable bonds is 6. The van der Waals surface area contributed by atoms with Crippen LogP contribution in [0.4, 0.5) is 13.2 Å². The number of ether oxygens (including phenoxy) is 1. The summed E-state index contributed by atoms with van der Waals surface area (Å²) in [6.07, 6.45) is -3.69. The van der Waals surface area contributed by atoms with Gasteiger partial charge in [-0.15, -0.1) is 11.3 Å². The van der Waals surface area contributed by atoms with Crippen molar-refractivity contribution >= 4 is 11.3 Å². The van der Waals surface area contributed by atoms with Crippen LogP contribution >= 0.6 is 11.3 Å². The Morgan fingerprint density at radius 1 is 1.53 bits per heavy atom. The molecule has 1 aromatic heterocycles. The molecule has 0 radical (unpaired) electrons. The zero-order valence-electron chi connectivity index (χ0n) is 9.46. The summed E-state index contributed by atoms with van der Waals surface area (Å²) >= 11 is 1.48. The summed E-state index contributed by atoms with van der Waals surface area (Å²) < 4.78 is 42.0. The van der Waals surface area contributed by atoms with Gasteiger partial charge in [0.25, 0.3) is 0 Å². The molecule has 3 nitrogen and oxygen atoms in total. The van der Waals surface area contributed by atoms with E-state index in [2.05, 4.69) is 4.98 Å². The fourth-order valence-corrected chi connectivity index (χ4v) is 2.02. The number of hydrogen-bond donors (Lipinski definition) is 1. The lowest BCUT2D eigenvalue weighted by molar-refractivity contribution is -0.185. The van der Waals surface area contributed by atoms with Gasteiger partial charge in [0.15, 0.2) is 0 Å². The molecule has 1 heterocycles. The molecule has 1 unspecified atom stereocenters. The molecule has 1 atom stereocenters. The smallest absolute Gasteiger partial charge is 0.380 e. The normalized spacial score (nSPS) is 13.9. The highest BCUT2D eigenvalue weighted by atomic mass is 32.1. The second kappa shape index (κ2) is 6.32. The van der Waals surface area contributed by atoms with E-state index >= 15 is 0 Å². The van der Waals surface area contributed by atoms with Crippen LogP contribution in [0.3, 0.4) is 0 Å². The summed E-state index contributed by atoms with van der Waals surface area (Å²) in [6, 6.07) is 0. The maximum Gasteiger partial charge on any atom is 0.395 e. The van der Waals surface area contributed by atoms with Crippen LogP contribution in [0.1, 0.15) is 10.6 Å². The van der Waals surface area contributed by atoms with Crippen molar-refractivity contribution in [3.05, 3.63) is 16.1 Å². The quantitative estimate of drug-likeness (QED) is 0.804. The van der Waals surface area contributed by atoms with Crippen LogP contribution in [-0.4, -0.2) is 30.9 Å². The highest BCUT2D eigenvalue weighted by molar-refractivity contribution is 7.09. The molecule has 17 heavy (non-hydrogen) atoms. The molecule has 0 aliphatic carbocycles. The van der Waals surface area contributed by atoms with Gasteiger partial charge in [-0.25, -0.2) is 4.98 Å². The number of hydrogen-bond acceptors (Lipinski definition) is 4. The Balaban J connectivity index is 2.26. The predicted octanol–water partition coefficient (Wildman–Crippen LogP) is 2.15. The number of nitrogens with zero attached hydrogens (tertiary/aromatic N) is 1. The van der Waals surface area contributed by atoms with E-state index in [1.165, 1.54) is 11.3 Å². The van der Waals surface area contributed by atoms with Crippen molar-refractivity contribution in [1.29, 1.82) is 0 Å². The van der Waals surface area contributed by atoms with E-state index < -0.39 is 18.6 Å². The maximum atomic E-state index is 12.3. The Bertz CT molecular complexity index is 341. The summed E-state index contributed by atoms with van der Waals surface area (Å²) in [6.45, 7) is 1.31.